The first-order valence-electron chi connectivity index (χ1n) is 11.1. The molecule has 0 saturated heterocycles. The molecular weight excluding hydrogens is 412 g/mol. The van der Waals surface area contributed by atoms with Gasteiger partial charge in [-0.3, -0.25) is 9.59 Å². The number of hydrogen-bond donors (Lipinski definition) is 2. The van der Waals surface area contributed by atoms with E-state index < -0.39 is 0 Å². The highest BCUT2D eigenvalue weighted by Crippen LogP contribution is 2.28. The van der Waals surface area contributed by atoms with Crippen LogP contribution in [0.5, 0.6) is 0 Å². The Morgan fingerprint density at radius 3 is 2.42 bits per heavy atom. The fourth-order valence-electron chi connectivity index (χ4n) is 3.81. The van der Waals surface area contributed by atoms with Gasteiger partial charge in [-0.05, 0) is 52.8 Å². The summed E-state index contributed by atoms with van der Waals surface area (Å²) in [6.07, 6.45) is 4.62. The number of carbonyl (C=O) groups is 2. The number of aryl methyl sites for hydroxylation is 1. The van der Waals surface area contributed by atoms with Gasteiger partial charge in [0.15, 0.2) is 0 Å². The lowest BCUT2D eigenvalue weighted by Crippen LogP contribution is -2.30. The molecule has 3 rings (SSSR count). The van der Waals surface area contributed by atoms with Crippen LogP contribution >= 0.6 is 0 Å². The van der Waals surface area contributed by atoms with Crippen molar-refractivity contribution in [3.8, 4) is 17.2 Å². The molecule has 2 N–H and O–H groups in total. The minimum absolute atomic E-state index is 0.000911. The van der Waals surface area contributed by atoms with Gasteiger partial charge in [0.25, 0.3) is 5.91 Å². The fourth-order valence-corrected chi connectivity index (χ4v) is 3.81. The molecule has 1 aromatic heterocycles. The molecule has 2 amide bonds. The first-order valence-corrected chi connectivity index (χ1v) is 11.1. The number of aromatic nitrogens is 1. The van der Waals surface area contributed by atoms with Crippen LogP contribution in [0.1, 0.15) is 47.7 Å². The van der Waals surface area contributed by atoms with E-state index in [1.807, 2.05) is 84.7 Å². The van der Waals surface area contributed by atoms with Crippen molar-refractivity contribution in [2.24, 2.45) is 13.0 Å². The highest BCUT2D eigenvalue weighted by atomic mass is 16.2. The molecule has 3 aromatic rings. The van der Waals surface area contributed by atoms with E-state index in [2.05, 4.69) is 24.5 Å². The second-order valence-electron chi connectivity index (χ2n) is 8.63. The Labute approximate surface area is 195 Å². The van der Waals surface area contributed by atoms with E-state index in [1.54, 1.807) is 0 Å². The maximum Gasteiger partial charge on any atom is 0.251 e. The minimum Gasteiger partial charge on any atom is -0.357 e. The smallest absolute Gasteiger partial charge is 0.251 e. The summed E-state index contributed by atoms with van der Waals surface area (Å²) in [5, 5.41) is 14.4. The molecule has 170 valence electrons. The van der Waals surface area contributed by atoms with Crippen molar-refractivity contribution in [2.45, 2.75) is 32.7 Å². The van der Waals surface area contributed by atoms with Gasteiger partial charge >= 0.3 is 0 Å². The number of nitriles is 1. The summed E-state index contributed by atoms with van der Waals surface area (Å²) in [6.45, 7) is 4.64. The number of amides is 2. The third-order valence-corrected chi connectivity index (χ3v) is 5.48. The van der Waals surface area contributed by atoms with E-state index in [0.717, 1.165) is 22.3 Å². The molecule has 1 heterocycles. The molecule has 2 aromatic carbocycles. The van der Waals surface area contributed by atoms with Gasteiger partial charge < -0.3 is 15.2 Å². The van der Waals surface area contributed by atoms with Crippen LogP contribution in [0, 0.1) is 17.2 Å². The molecule has 1 atom stereocenters. The van der Waals surface area contributed by atoms with E-state index in [1.165, 1.54) is 0 Å². The third-order valence-electron chi connectivity index (χ3n) is 5.48. The molecule has 0 fully saturated rings. The van der Waals surface area contributed by atoms with Crippen LogP contribution < -0.4 is 10.6 Å². The number of benzene rings is 2. The molecule has 0 saturated carbocycles. The van der Waals surface area contributed by atoms with E-state index in [9.17, 15) is 9.59 Å². The predicted molar refractivity (Wildman–Crippen MR) is 129 cm³/mol. The van der Waals surface area contributed by atoms with Crippen LogP contribution in [0.4, 0.5) is 0 Å². The van der Waals surface area contributed by atoms with Gasteiger partial charge in [-0.15, -0.1) is 0 Å². The number of nitrogens with one attached hydrogen (secondary N) is 2. The summed E-state index contributed by atoms with van der Waals surface area (Å²) >= 11 is 0. The highest BCUT2D eigenvalue weighted by molar-refractivity contribution is 5.94. The van der Waals surface area contributed by atoms with Crippen LogP contribution in [0.15, 0.2) is 67.0 Å². The zero-order valence-electron chi connectivity index (χ0n) is 19.3. The Morgan fingerprint density at radius 2 is 1.79 bits per heavy atom. The van der Waals surface area contributed by atoms with Gasteiger partial charge in [0.1, 0.15) is 6.54 Å². The average Bonchev–Trinajstić information content (AvgIpc) is 3.24. The first-order chi connectivity index (χ1) is 15.9. The molecule has 1 unspecified atom stereocenters. The predicted octanol–water partition coefficient (Wildman–Crippen LogP) is 4.39. The van der Waals surface area contributed by atoms with Gasteiger partial charge in [0, 0.05) is 31.5 Å². The lowest BCUT2D eigenvalue weighted by molar-refractivity contribution is -0.122. The Bertz CT molecular complexity index is 1140. The zero-order chi connectivity index (χ0) is 23.8. The minimum atomic E-state index is -0.318. The molecule has 0 aliphatic heterocycles. The fraction of sp³-hybridized carbons (Fsp3) is 0.296. The maximum atomic E-state index is 12.7. The molecule has 0 bridgehead atoms. The van der Waals surface area contributed by atoms with Crippen LogP contribution in [0.2, 0.25) is 0 Å². The van der Waals surface area contributed by atoms with Crippen LogP contribution in [0.25, 0.3) is 11.1 Å². The van der Waals surface area contributed by atoms with E-state index >= 15 is 0 Å². The van der Waals surface area contributed by atoms with Crippen LogP contribution in [-0.2, 0) is 18.4 Å². The van der Waals surface area contributed by atoms with Crippen molar-refractivity contribution in [1.82, 2.24) is 15.2 Å². The molecule has 6 nitrogen and oxygen atoms in total. The first kappa shape index (κ1) is 23.8. The number of carbonyl (C=O) groups excluding carboxylic acids is 2. The Kier molecular flexibility index (Phi) is 8.04. The Morgan fingerprint density at radius 1 is 1.03 bits per heavy atom. The topological polar surface area (TPSA) is 86.9 Å². The summed E-state index contributed by atoms with van der Waals surface area (Å²) in [5.41, 5.74) is 4.51. The molecule has 0 radical (unpaired) electrons. The molecule has 33 heavy (non-hydrogen) atoms. The Hall–Kier alpha value is -3.85. The molecular formula is C27H30N4O2. The highest BCUT2D eigenvalue weighted by Gasteiger charge is 2.22. The summed E-state index contributed by atoms with van der Waals surface area (Å²) in [7, 11) is 1.95. The standard InChI is InChI=1S/C27H30N4O2/c1-19(2)15-25(27(33)29-13-12-28)24-6-4-5-23(16-24)21-7-9-22(10-8-21)26(32)30-17-20-11-14-31(3)18-20/h4-11,14,16,18-19,25H,13,15,17H2,1-3H3,(H,29,33)(H,30,32). The third kappa shape index (κ3) is 6.56. The van der Waals surface area contributed by atoms with Gasteiger partial charge in [0.2, 0.25) is 5.91 Å². The summed E-state index contributed by atoms with van der Waals surface area (Å²) in [4.78, 5) is 25.2. The van der Waals surface area contributed by atoms with Crippen molar-refractivity contribution < 1.29 is 9.59 Å². The lowest BCUT2D eigenvalue weighted by atomic mass is 9.88. The van der Waals surface area contributed by atoms with Crippen molar-refractivity contribution in [3.05, 3.63) is 83.7 Å². The zero-order valence-corrected chi connectivity index (χ0v) is 19.3. The van der Waals surface area contributed by atoms with E-state index in [4.69, 9.17) is 5.26 Å². The largest absolute Gasteiger partial charge is 0.357 e. The van der Waals surface area contributed by atoms with Gasteiger partial charge in [-0.1, -0.05) is 50.2 Å². The molecule has 0 aliphatic carbocycles. The normalized spacial score (nSPS) is 11.6. The SMILES string of the molecule is CC(C)CC(C(=O)NCC#N)c1cccc(-c2ccc(C(=O)NCc3ccn(C)c3)cc2)c1. The van der Waals surface area contributed by atoms with Crippen molar-refractivity contribution >= 4 is 11.8 Å². The molecule has 0 spiro atoms. The summed E-state index contributed by atoms with van der Waals surface area (Å²) in [6, 6.07) is 19.3. The molecule has 0 aliphatic rings. The Balaban J connectivity index is 1.74. The number of nitrogens with zero attached hydrogens (tertiary/aromatic N) is 2. The van der Waals surface area contributed by atoms with E-state index in [0.29, 0.717) is 24.4 Å². The number of rotatable bonds is 9. The monoisotopic (exact) mass is 442 g/mol. The van der Waals surface area contributed by atoms with Crippen molar-refractivity contribution in [2.75, 3.05) is 6.54 Å². The average molecular weight is 443 g/mol. The quantitative estimate of drug-likeness (QED) is 0.482. The number of hydrogen-bond acceptors (Lipinski definition) is 3. The van der Waals surface area contributed by atoms with Gasteiger partial charge in [0.05, 0.1) is 12.0 Å². The maximum absolute atomic E-state index is 12.7. The lowest BCUT2D eigenvalue weighted by Gasteiger charge is -2.19. The summed E-state index contributed by atoms with van der Waals surface area (Å²) < 4.78 is 1.95. The van der Waals surface area contributed by atoms with E-state index in [-0.39, 0.29) is 24.3 Å². The second kappa shape index (κ2) is 11.1. The second-order valence-corrected chi connectivity index (χ2v) is 8.63. The van der Waals surface area contributed by atoms with Crippen LogP contribution in [-0.4, -0.2) is 22.9 Å². The van der Waals surface area contributed by atoms with Gasteiger partial charge in [-0.2, -0.15) is 5.26 Å². The van der Waals surface area contributed by atoms with Crippen molar-refractivity contribution in [3.63, 3.8) is 0 Å². The summed E-state index contributed by atoms with van der Waals surface area (Å²) in [5.74, 6) is -0.236. The van der Waals surface area contributed by atoms with Crippen molar-refractivity contribution in [1.29, 1.82) is 5.26 Å². The molecule has 6 heteroatoms. The van der Waals surface area contributed by atoms with Gasteiger partial charge in [-0.25, -0.2) is 0 Å². The van der Waals surface area contributed by atoms with Crippen LogP contribution in [0.3, 0.4) is 0 Å².